The third-order valence-electron chi connectivity index (χ3n) is 6.48. The van der Waals surface area contributed by atoms with Gasteiger partial charge in [-0.15, -0.1) is 0 Å². The number of methoxy groups -OCH3 is 8. The first-order chi connectivity index (χ1) is 21.3. The number of carbonyl (C=O) groups is 2. The molecule has 3 rings (SSSR count). The van der Waals surface area contributed by atoms with Gasteiger partial charge in [0, 0.05) is 0 Å². The van der Waals surface area contributed by atoms with Gasteiger partial charge in [-0.2, -0.15) is 0 Å². The summed E-state index contributed by atoms with van der Waals surface area (Å²) in [7, 11) is 12.0. The van der Waals surface area contributed by atoms with Crippen molar-refractivity contribution < 1.29 is 47.5 Å². The van der Waals surface area contributed by atoms with E-state index in [0.717, 1.165) is 0 Å². The Labute approximate surface area is 257 Å². The monoisotopic (exact) mass is 604 g/mol. The van der Waals surface area contributed by atoms with Crippen molar-refractivity contribution in [3.63, 3.8) is 0 Å². The molecule has 0 heterocycles. The van der Waals surface area contributed by atoms with Gasteiger partial charge in [0.25, 0.3) is 0 Å². The predicted octanol–water partition coefficient (Wildman–Crippen LogP) is 5.70. The molecule has 0 unspecified atom stereocenters. The van der Waals surface area contributed by atoms with Gasteiger partial charge in [0.15, 0.2) is 46.1 Å². The predicted molar refractivity (Wildman–Crippen MR) is 168 cm³/mol. The van der Waals surface area contributed by atoms with Crippen LogP contribution in [-0.4, -0.2) is 68.4 Å². The van der Waals surface area contributed by atoms with Crippen LogP contribution in [0, 0.1) is 0 Å². The van der Waals surface area contributed by atoms with E-state index in [4.69, 9.17) is 37.9 Å². The highest BCUT2D eigenvalue weighted by Gasteiger charge is 2.17. The van der Waals surface area contributed by atoms with Crippen molar-refractivity contribution in [1.29, 1.82) is 0 Å². The van der Waals surface area contributed by atoms with Crippen LogP contribution in [0.3, 0.4) is 0 Å². The summed E-state index contributed by atoms with van der Waals surface area (Å²) in [4.78, 5) is 27.1. The Morgan fingerprint density at radius 3 is 1.16 bits per heavy atom. The maximum Gasteiger partial charge on any atom is 0.203 e. The Morgan fingerprint density at radius 2 is 0.818 bits per heavy atom. The summed E-state index contributed by atoms with van der Waals surface area (Å²) in [5.74, 6) is 2.40. The molecular formula is C34H36O10. The highest BCUT2D eigenvalue weighted by atomic mass is 16.5. The molecular weight excluding hydrogens is 568 g/mol. The van der Waals surface area contributed by atoms with Crippen molar-refractivity contribution in [3.8, 4) is 46.0 Å². The number of allylic oxidation sites excluding steroid dienone is 3. The van der Waals surface area contributed by atoms with E-state index in [1.54, 1.807) is 54.6 Å². The maximum atomic E-state index is 13.6. The summed E-state index contributed by atoms with van der Waals surface area (Å²) in [6.07, 6.45) is 7.22. The minimum absolute atomic E-state index is 0.0930. The molecule has 0 aliphatic rings. The lowest BCUT2D eigenvalue weighted by atomic mass is 10.00. The quantitative estimate of drug-likeness (QED) is 0.122. The Bertz CT molecular complexity index is 1450. The fraction of sp³-hybridized carbons (Fsp3) is 0.235. The van der Waals surface area contributed by atoms with Crippen LogP contribution in [0.2, 0.25) is 0 Å². The topological polar surface area (TPSA) is 108 Å². The largest absolute Gasteiger partial charge is 0.493 e. The van der Waals surface area contributed by atoms with E-state index >= 15 is 0 Å². The molecule has 3 aromatic rings. The van der Waals surface area contributed by atoms with Gasteiger partial charge in [0.05, 0.1) is 62.5 Å². The highest BCUT2D eigenvalue weighted by molar-refractivity contribution is 6.31. The lowest BCUT2D eigenvalue weighted by Gasteiger charge is -2.13. The second kappa shape index (κ2) is 15.7. The Morgan fingerprint density at radius 1 is 0.455 bits per heavy atom. The van der Waals surface area contributed by atoms with Crippen LogP contribution >= 0.6 is 0 Å². The van der Waals surface area contributed by atoms with Crippen molar-refractivity contribution in [2.24, 2.45) is 0 Å². The summed E-state index contributed by atoms with van der Waals surface area (Å²) < 4.78 is 43.1. The summed E-state index contributed by atoms with van der Waals surface area (Å²) >= 11 is 0. The van der Waals surface area contributed by atoms with E-state index in [-0.39, 0.29) is 5.57 Å². The van der Waals surface area contributed by atoms with Crippen LogP contribution in [0.5, 0.6) is 46.0 Å². The van der Waals surface area contributed by atoms with Crippen molar-refractivity contribution in [1.82, 2.24) is 0 Å². The molecule has 0 bridgehead atoms. The average molecular weight is 605 g/mol. The first kappa shape index (κ1) is 33.1. The first-order valence-corrected chi connectivity index (χ1v) is 13.3. The molecule has 232 valence electrons. The number of carbonyl (C=O) groups excluding carboxylic acids is 2. The molecule has 0 N–H and O–H groups in total. The van der Waals surface area contributed by atoms with Crippen LogP contribution in [0.1, 0.15) is 16.7 Å². The SMILES string of the molecule is COc1ccc(C=C(C(=O)/C=C/c2cc(OC)c(OC)c(OC)c2)C(=O)/C=C/c2cc(OC)c(OC)c(OC)c2)cc1OC. The maximum absolute atomic E-state index is 13.6. The number of hydrogen-bond acceptors (Lipinski definition) is 10. The zero-order chi connectivity index (χ0) is 32.2. The number of ketones is 2. The van der Waals surface area contributed by atoms with Crippen molar-refractivity contribution in [2.75, 3.05) is 56.9 Å². The standard InChI is InChI=1S/C34H36O10/c1-37-27-14-11-21(16-28(27)38-2)15-24(25(35)12-9-22-17-29(39-3)33(43-7)30(18-22)40-4)26(36)13-10-23-19-31(41-5)34(44-8)32(20-23)42-6/h9-20H,1-8H3/b12-9+,13-10+. The van der Waals surface area contributed by atoms with E-state index in [9.17, 15) is 9.59 Å². The van der Waals surface area contributed by atoms with Crippen LogP contribution in [-0.2, 0) is 9.59 Å². The van der Waals surface area contributed by atoms with E-state index < -0.39 is 11.6 Å². The molecule has 0 atom stereocenters. The van der Waals surface area contributed by atoms with Crippen LogP contribution in [0.25, 0.3) is 18.2 Å². The zero-order valence-corrected chi connectivity index (χ0v) is 26.0. The lowest BCUT2D eigenvalue weighted by Crippen LogP contribution is -2.08. The van der Waals surface area contributed by atoms with Gasteiger partial charge < -0.3 is 37.9 Å². The molecule has 0 amide bonds. The van der Waals surface area contributed by atoms with Gasteiger partial charge in [-0.3, -0.25) is 9.59 Å². The van der Waals surface area contributed by atoms with E-state index in [0.29, 0.717) is 62.7 Å². The molecule has 44 heavy (non-hydrogen) atoms. The third kappa shape index (κ3) is 7.71. The van der Waals surface area contributed by atoms with Gasteiger partial charge in [0.1, 0.15) is 0 Å². The fourth-order valence-corrected chi connectivity index (χ4v) is 4.29. The third-order valence-corrected chi connectivity index (χ3v) is 6.48. The molecule has 0 radical (unpaired) electrons. The van der Waals surface area contributed by atoms with Crippen LogP contribution in [0.4, 0.5) is 0 Å². The van der Waals surface area contributed by atoms with Crippen molar-refractivity contribution >= 4 is 29.8 Å². The molecule has 0 saturated carbocycles. The summed E-state index contributed by atoms with van der Waals surface area (Å²) in [5.41, 5.74) is 1.66. The number of benzene rings is 3. The summed E-state index contributed by atoms with van der Waals surface area (Å²) in [5, 5.41) is 0. The van der Waals surface area contributed by atoms with Crippen LogP contribution < -0.4 is 37.9 Å². The summed E-state index contributed by atoms with van der Waals surface area (Å²) in [6, 6.07) is 11.8. The molecule has 0 spiro atoms. The molecule has 10 heteroatoms. The second-order valence-electron chi connectivity index (χ2n) is 8.98. The minimum Gasteiger partial charge on any atom is -0.493 e. The summed E-state index contributed by atoms with van der Waals surface area (Å²) in [6.45, 7) is 0. The smallest absolute Gasteiger partial charge is 0.203 e. The van der Waals surface area contributed by atoms with Gasteiger partial charge in [0.2, 0.25) is 11.5 Å². The number of rotatable bonds is 15. The Balaban J connectivity index is 2.06. The molecule has 0 aliphatic heterocycles. The van der Waals surface area contributed by atoms with E-state index in [1.165, 1.54) is 75.1 Å². The first-order valence-electron chi connectivity index (χ1n) is 13.3. The molecule has 0 fully saturated rings. The van der Waals surface area contributed by atoms with Gasteiger partial charge in [-0.05, 0) is 71.3 Å². The van der Waals surface area contributed by atoms with Crippen LogP contribution in [0.15, 0.2) is 60.2 Å². The second-order valence-corrected chi connectivity index (χ2v) is 8.98. The number of ether oxygens (including phenoxy) is 8. The fourth-order valence-electron chi connectivity index (χ4n) is 4.29. The van der Waals surface area contributed by atoms with Gasteiger partial charge in [-0.1, -0.05) is 18.2 Å². The molecule has 0 aliphatic carbocycles. The lowest BCUT2D eigenvalue weighted by molar-refractivity contribution is -0.116. The molecule has 0 aromatic heterocycles. The zero-order valence-electron chi connectivity index (χ0n) is 26.0. The number of hydrogen-bond donors (Lipinski definition) is 0. The molecule has 0 saturated heterocycles. The highest BCUT2D eigenvalue weighted by Crippen LogP contribution is 2.39. The van der Waals surface area contributed by atoms with E-state index in [1.807, 2.05) is 0 Å². The van der Waals surface area contributed by atoms with E-state index in [2.05, 4.69) is 0 Å². The minimum atomic E-state index is -0.534. The van der Waals surface area contributed by atoms with Gasteiger partial charge in [-0.25, -0.2) is 0 Å². The molecule has 3 aromatic carbocycles. The molecule has 10 nitrogen and oxygen atoms in total. The Hall–Kier alpha value is -5.38. The van der Waals surface area contributed by atoms with Crippen molar-refractivity contribution in [2.45, 2.75) is 0 Å². The van der Waals surface area contributed by atoms with Crippen molar-refractivity contribution in [3.05, 3.63) is 76.9 Å². The Kier molecular flexibility index (Phi) is 11.8. The normalized spacial score (nSPS) is 10.7. The van der Waals surface area contributed by atoms with Gasteiger partial charge >= 0.3 is 0 Å². The average Bonchev–Trinajstić information content (AvgIpc) is 3.06.